The maximum atomic E-state index is 11.5. The normalized spacial score (nSPS) is 26.1. The summed E-state index contributed by atoms with van der Waals surface area (Å²) in [6, 6.07) is 0.276. The van der Waals surface area contributed by atoms with E-state index < -0.39 is 0 Å². The Morgan fingerprint density at radius 1 is 1.17 bits per heavy atom. The van der Waals surface area contributed by atoms with E-state index in [1.807, 2.05) is 0 Å². The van der Waals surface area contributed by atoms with Gasteiger partial charge in [-0.2, -0.15) is 0 Å². The molecule has 3 N–H and O–H groups in total. The third kappa shape index (κ3) is 3.89. The molecule has 2 atom stereocenters. The molecule has 0 aromatic rings. The van der Waals surface area contributed by atoms with Crippen molar-refractivity contribution < 1.29 is 9.59 Å². The molecule has 0 saturated heterocycles. The molecule has 0 unspecified atom stereocenters. The molecule has 0 aromatic carbocycles. The molecule has 5 nitrogen and oxygen atoms in total. The molecule has 0 aromatic heterocycles. The molecule has 2 saturated carbocycles. The number of carbonyl (C=O) groups excluding carboxylic acids is 2. The maximum Gasteiger partial charge on any atom is 0.315 e. The van der Waals surface area contributed by atoms with E-state index in [9.17, 15) is 9.59 Å². The van der Waals surface area contributed by atoms with Gasteiger partial charge >= 0.3 is 6.03 Å². The highest BCUT2D eigenvalue weighted by molar-refractivity contribution is 5.79. The van der Waals surface area contributed by atoms with Gasteiger partial charge in [0.05, 0.1) is 0 Å². The van der Waals surface area contributed by atoms with Crippen LogP contribution in [0.2, 0.25) is 0 Å². The molecule has 0 bridgehead atoms. The highest BCUT2D eigenvalue weighted by Gasteiger charge is 2.33. The zero-order valence-corrected chi connectivity index (χ0v) is 11.0. The number of rotatable bonds is 6. The Morgan fingerprint density at radius 2 is 1.83 bits per heavy atom. The average molecular weight is 253 g/mol. The maximum absolute atomic E-state index is 11.5. The lowest BCUT2D eigenvalue weighted by Gasteiger charge is -2.23. The number of nitrogens with one attached hydrogen (secondary N) is 3. The minimum Gasteiger partial charge on any atom is -0.356 e. The van der Waals surface area contributed by atoms with Gasteiger partial charge in [0.15, 0.2) is 0 Å². The smallest absolute Gasteiger partial charge is 0.315 e. The first kappa shape index (κ1) is 13.2. The van der Waals surface area contributed by atoms with Gasteiger partial charge in [0, 0.05) is 25.0 Å². The van der Waals surface area contributed by atoms with E-state index >= 15 is 0 Å². The third-order valence-electron chi connectivity index (χ3n) is 3.84. The molecule has 18 heavy (non-hydrogen) atoms. The molecule has 0 radical (unpaired) electrons. The van der Waals surface area contributed by atoms with E-state index in [0.29, 0.717) is 25.0 Å². The predicted molar refractivity (Wildman–Crippen MR) is 69.1 cm³/mol. The van der Waals surface area contributed by atoms with Crippen molar-refractivity contribution in [3.05, 3.63) is 0 Å². The largest absolute Gasteiger partial charge is 0.356 e. The third-order valence-corrected chi connectivity index (χ3v) is 3.84. The van der Waals surface area contributed by atoms with Crippen LogP contribution in [0.5, 0.6) is 0 Å². The van der Waals surface area contributed by atoms with Crippen LogP contribution >= 0.6 is 0 Å². The van der Waals surface area contributed by atoms with E-state index in [-0.39, 0.29) is 17.9 Å². The molecule has 0 heterocycles. The summed E-state index contributed by atoms with van der Waals surface area (Å²) in [5, 5.41) is 8.61. The lowest BCUT2D eigenvalue weighted by molar-refractivity contribution is -0.127. The summed E-state index contributed by atoms with van der Waals surface area (Å²) >= 11 is 0. The van der Waals surface area contributed by atoms with Crippen molar-refractivity contribution in [2.75, 3.05) is 13.1 Å². The molecule has 2 aliphatic carbocycles. The Labute approximate surface area is 108 Å². The van der Waals surface area contributed by atoms with Gasteiger partial charge in [-0.25, -0.2) is 4.79 Å². The number of amides is 3. The first-order valence-electron chi connectivity index (χ1n) is 6.99. The Balaban J connectivity index is 1.43. The zero-order chi connectivity index (χ0) is 13.0. The van der Waals surface area contributed by atoms with E-state index in [1.54, 1.807) is 0 Å². The van der Waals surface area contributed by atoms with Gasteiger partial charge < -0.3 is 16.0 Å². The molecule has 102 valence electrons. The fraction of sp³-hybridized carbons (Fsp3) is 0.846. The molecular formula is C13H23N3O2. The van der Waals surface area contributed by atoms with Crippen LogP contribution in [0.1, 0.15) is 39.0 Å². The van der Waals surface area contributed by atoms with Crippen LogP contribution in [0.3, 0.4) is 0 Å². The summed E-state index contributed by atoms with van der Waals surface area (Å²) in [4.78, 5) is 22.9. The molecule has 2 aliphatic rings. The minimum atomic E-state index is -0.0883. The zero-order valence-electron chi connectivity index (χ0n) is 11.0. The SMILES string of the molecule is C[C@H]1C[C@H]1NC(=O)NCCCNC(=O)C1CCC1. The van der Waals surface area contributed by atoms with Gasteiger partial charge in [-0.15, -0.1) is 0 Å². The van der Waals surface area contributed by atoms with Gasteiger partial charge in [-0.3, -0.25) is 4.79 Å². The van der Waals surface area contributed by atoms with Gasteiger partial charge in [0.25, 0.3) is 0 Å². The summed E-state index contributed by atoms with van der Waals surface area (Å²) in [7, 11) is 0. The summed E-state index contributed by atoms with van der Waals surface area (Å²) in [5.74, 6) is 1.05. The van der Waals surface area contributed by atoms with Crippen molar-refractivity contribution in [2.45, 2.75) is 45.1 Å². The first-order chi connectivity index (χ1) is 8.66. The van der Waals surface area contributed by atoms with Crippen molar-refractivity contribution in [3.63, 3.8) is 0 Å². The Morgan fingerprint density at radius 3 is 2.39 bits per heavy atom. The highest BCUT2D eigenvalue weighted by atomic mass is 16.2. The fourth-order valence-corrected chi connectivity index (χ4v) is 2.06. The number of hydrogen-bond donors (Lipinski definition) is 3. The van der Waals surface area contributed by atoms with Crippen molar-refractivity contribution >= 4 is 11.9 Å². The Bertz CT molecular complexity index is 315. The quantitative estimate of drug-likeness (QED) is 0.618. The van der Waals surface area contributed by atoms with Crippen LogP contribution < -0.4 is 16.0 Å². The van der Waals surface area contributed by atoms with E-state index in [2.05, 4.69) is 22.9 Å². The van der Waals surface area contributed by atoms with Crippen LogP contribution in [0, 0.1) is 11.8 Å². The van der Waals surface area contributed by atoms with Gasteiger partial charge in [0.2, 0.25) is 5.91 Å². The topological polar surface area (TPSA) is 70.2 Å². The molecule has 3 amide bonds. The van der Waals surface area contributed by atoms with Crippen molar-refractivity contribution in [1.82, 2.24) is 16.0 Å². The molecule has 2 rings (SSSR count). The first-order valence-corrected chi connectivity index (χ1v) is 6.99. The lowest BCUT2D eigenvalue weighted by Crippen LogP contribution is -2.39. The van der Waals surface area contributed by atoms with E-state index in [1.165, 1.54) is 6.42 Å². The monoisotopic (exact) mass is 253 g/mol. The second-order valence-electron chi connectivity index (χ2n) is 5.49. The molecule has 5 heteroatoms. The average Bonchev–Trinajstić information content (AvgIpc) is 2.91. The highest BCUT2D eigenvalue weighted by Crippen LogP contribution is 2.28. The number of urea groups is 1. The molecule has 0 aliphatic heterocycles. The standard InChI is InChI=1S/C13H23N3O2/c1-9-8-11(9)16-13(18)15-7-3-6-14-12(17)10-4-2-5-10/h9-11H,2-8H2,1H3,(H,14,17)(H2,15,16,18)/t9-,11+/m0/s1. The van der Waals surface area contributed by atoms with Gasteiger partial charge in [-0.1, -0.05) is 13.3 Å². The summed E-state index contributed by atoms with van der Waals surface area (Å²) < 4.78 is 0. The van der Waals surface area contributed by atoms with Crippen LogP contribution in [-0.4, -0.2) is 31.1 Å². The van der Waals surface area contributed by atoms with Crippen molar-refractivity contribution in [3.8, 4) is 0 Å². The predicted octanol–water partition coefficient (Wildman–Crippen LogP) is 1.00. The molecule has 0 spiro atoms. The fourth-order valence-electron chi connectivity index (χ4n) is 2.06. The van der Waals surface area contributed by atoms with Gasteiger partial charge in [-0.05, 0) is 31.6 Å². The summed E-state index contributed by atoms with van der Waals surface area (Å²) in [5.41, 5.74) is 0. The van der Waals surface area contributed by atoms with E-state index in [0.717, 1.165) is 25.7 Å². The summed E-state index contributed by atoms with van der Waals surface area (Å²) in [6.45, 7) is 3.38. The van der Waals surface area contributed by atoms with Crippen molar-refractivity contribution in [1.29, 1.82) is 0 Å². The number of carbonyl (C=O) groups is 2. The molecular weight excluding hydrogens is 230 g/mol. The second-order valence-corrected chi connectivity index (χ2v) is 5.49. The van der Waals surface area contributed by atoms with Gasteiger partial charge in [0.1, 0.15) is 0 Å². The minimum absolute atomic E-state index is 0.0883. The lowest BCUT2D eigenvalue weighted by atomic mass is 9.85. The second kappa shape index (κ2) is 6.07. The van der Waals surface area contributed by atoms with Crippen LogP contribution in [0.15, 0.2) is 0 Å². The Hall–Kier alpha value is -1.26. The van der Waals surface area contributed by atoms with E-state index in [4.69, 9.17) is 0 Å². The van der Waals surface area contributed by atoms with Crippen LogP contribution in [-0.2, 0) is 4.79 Å². The number of hydrogen-bond acceptors (Lipinski definition) is 2. The molecule has 2 fully saturated rings. The van der Waals surface area contributed by atoms with Crippen molar-refractivity contribution in [2.24, 2.45) is 11.8 Å². The summed E-state index contributed by atoms with van der Waals surface area (Å²) in [6.07, 6.45) is 5.12. The van der Waals surface area contributed by atoms with Crippen LogP contribution in [0.4, 0.5) is 4.79 Å². The Kier molecular flexibility index (Phi) is 4.44. The van der Waals surface area contributed by atoms with Crippen LogP contribution in [0.25, 0.3) is 0 Å².